The Morgan fingerprint density at radius 1 is 1.16 bits per heavy atom. The minimum absolute atomic E-state index is 0.324. The molecule has 0 radical (unpaired) electrons. The second kappa shape index (κ2) is 5.06. The molecule has 3 fully saturated rings. The van der Waals surface area contributed by atoms with Crippen LogP contribution in [0.1, 0.15) is 51.4 Å². The Labute approximate surface area is 114 Å². The molecule has 0 aromatic carbocycles. The molecule has 19 heavy (non-hydrogen) atoms. The van der Waals surface area contributed by atoms with Crippen molar-refractivity contribution in [2.45, 2.75) is 63.0 Å². The topological polar surface area (TPSA) is 60.8 Å². The lowest BCUT2D eigenvalue weighted by molar-refractivity contribution is -0.145. The third kappa shape index (κ3) is 2.52. The van der Waals surface area contributed by atoms with Gasteiger partial charge in [0, 0.05) is 13.1 Å². The van der Waals surface area contributed by atoms with Crippen LogP contribution in [0.25, 0.3) is 0 Å². The molecule has 3 aliphatic rings. The van der Waals surface area contributed by atoms with Gasteiger partial charge in [-0.25, -0.2) is 0 Å². The third-order valence-electron chi connectivity index (χ3n) is 5.52. The van der Waals surface area contributed by atoms with E-state index in [1.165, 1.54) is 19.3 Å². The van der Waals surface area contributed by atoms with Crippen LogP contribution in [-0.4, -0.2) is 45.8 Å². The van der Waals surface area contributed by atoms with Crippen LogP contribution >= 0.6 is 0 Å². The SMILES string of the molecule is O=C(O)C1C2CCCC2CN1CC1(O)CCCCC1. The molecule has 0 spiro atoms. The Hall–Kier alpha value is -0.610. The number of hydrogen-bond donors (Lipinski definition) is 2. The molecule has 2 N–H and O–H groups in total. The van der Waals surface area contributed by atoms with Crippen LogP contribution in [0.15, 0.2) is 0 Å². The first-order valence-corrected chi connectivity index (χ1v) is 7.78. The number of nitrogens with zero attached hydrogens (tertiary/aromatic N) is 1. The Bertz CT molecular complexity index is 351. The third-order valence-corrected chi connectivity index (χ3v) is 5.52. The van der Waals surface area contributed by atoms with Crippen LogP contribution in [-0.2, 0) is 4.79 Å². The van der Waals surface area contributed by atoms with E-state index in [1.807, 2.05) is 0 Å². The Morgan fingerprint density at radius 2 is 1.89 bits per heavy atom. The Morgan fingerprint density at radius 3 is 2.58 bits per heavy atom. The van der Waals surface area contributed by atoms with Crippen LogP contribution in [0.3, 0.4) is 0 Å². The highest BCUT2D eigenvalue weighted by Crippen LogP contribution is 2.43. The van der Waals surface area contributed by atoms with Crippen LogP contribution < -0.4 is 0 Å². The summed E-state index contributed by atoms with van der Waals surface area (Å²) in [7, 11) is 0. The average Bonchev–Trinajstić information content (AvgIpc) is 2.88. The largest absolute Gasteiger partial charge is 0.480 e. The van der Waals surface area contributed by atoms with Gasteiger partial charge in [-0.15, -0.1) is 0 Å². The predicted molar refractivity (Wildman–Crippen MR) is 71.9 cm³/mol. The van der Waals surface area contributed by atoms with Crippen molar-refractivity contribution in [2.75, 3.05) is 13.1 Å². The van der Waals surface area contributed by atoms with E-state index in [4.69, 9.17) is 0 Å². The van der Waals surface area contributed by atoms with Gasteiger partial charge in [-0.3, -0.25) is 9.69 Å². The van der Waals surface area contributed by atoms with E-state index in [0.717, 1.165) is 38.6 Å². The van der Waals surface area contributed by atoms with Gasteiger partial charge in [0.25, 0.3) is 0 Å². The average molecular weight is 267 g/mol. The Balaban J connectivity index is 1.71. The molecule has 4 heteroatoms. The number of aliphatic hydroxyl groups is 1. The minimum atomic E-state index is -0.686. The number of likely N-dealkylation sites (tertiary alicyclic amines) is 1. The van der Waals surface area contributed by atoms with Crippen LogP contribution in [0.5, 0.6) is 0 Å². The molecule has 2 aliphatic carbocycles. The van der Waals surface area contributed by atoms with Gasteiger partial charge in [-0.05, 0) is 37.5 Å². The van der Waals surface area contributed by atoms with E-state index in [0.29, 0.717) is 18.4 Å². The van der Waals surface area contributed by atoms with Crippen molar-refractivity contribution in [3.8, 4) is 0 Å². The standard InChI is InChI=1S/C15H25NO3/c17-14(18)13-12-6-4-5-11(12)9-16(13)10-15(19)7-2-1-3-8-15/h11-13,19H,1-10H2,(H,17,18). The molecule has 0 amide bonds. The molecule has 1 heterocycles. The van der Waals surface area contributed by atoms with E-state index >= 15 is 0 Å². The summed E-state index contributed by atoms with van der Waals surface area (Å²) in [5, 5.41) is 20.2. The maximum atomic E-state index is 11.6. The molecule has 1 saturated heterocycles. The number of aliphatic carboxylic acids is 1. The van der Waals surface area contributed by atoms with Gasteiger partial charge in [-0.2, -0.15) is 0 Å². The van der Waals surface area contributed by atoms with E-state index in [9.17, 15) is 15.0 Å². The normalized spacial score (nSPS) is 38.3. The first-order chi connectivity index (χ1) is 9.09. The zero-order chi connectivity index (χ0) is 13.5. The van der Waals surface area contributed by atoms with Crippen LogP contribution in [0.4, 0.5) is 0 Å². The summed E-state index contributed by atoms with van der Waals surface area (Å²) >= 11 is 0. The number of rotatable bonds is 3. The summed E-state index contributed by atoms with van der Waals surface area (Å²) in [4.78, 5) is 13.6. The van der Waals surface area contributed by atoms with E-state index in [-0.39, 0.29) is 6.04 Å². The predicted octanol–water partition coefficient (Wildman–Crippen LogP) is 1.87. The van der Waals surface area contributed by atoms with Gasteiger partial charge in [-0.1, -0.05) is 25.7 Å². The molecule has 0 bridgehead atoms. The number of fused-ring (bicyclic) bond motifs is 1. The molecule has 108 valence electrons. The van der Waals surface area contributed by atoms with E-state index in [1.54, 1.807) is 0 Å². The molecule has 3 atom stereocenters. The highest BCUT2D eigenvalue weighted by molar-refractivity contribution is 5.74. The first kappa shape index (κ1) is 13.4. The monoisotopic (exact) mass is 267 g/mol. The summed E-state index contributed by atoms with van der Waals surface area (Å²) in [6.07, 6.45) is 8.44. The maximum Gasteiger partial charge on any atom is 0.321 e. The molecular formula is C15H25NO3. The molecule has 0 aromatic rings. The summed E-state index contributed by atoms with van der Waals surface area (Å²) in [6.45, 7) is 1.45. The van der Waals surface area contributed by atoms with Gasteiger partial charge in [0.1, 0.15) is 6.04 Å². The van der Waals surface area contributed by atoms with E-state index < -0.39 is 11.6 Å². The number of hydrogen-bond acceptors (Lipinski definition) is 3. The minimum Gasteiger partial charge on any atom is -0.480 e. The van der Waals surface area contributed by atoms with Gasteiger partial charge < -0.3 is 10.2 Å². The quantitative estimate of drug-likeness (QED) is 0.819. The summed E-state index contributed by atoms with van der Waals surface area (Å²) in [6, 6.07) is -0.349. The Kier molecular flexibility index (Phi) is 3.56. The fraction of sp³-hybridized carbons (Fsp3) is 0.933. The second-order valence-electron chi connectivity index (χ2n) is 6.85. The smallest absolute Gasteiger partial charge is 0.321 e. The number of carboxylic acid groups (broad SMARTS) is 1. The summed E-state index contributed by atoms with van der Waals surface area (Å²) in [5.41, 5.74) is -0.634. The molecule has 3 rings (SSSR count). The zero-order valence-corrected chi connectivity index (χ0v) is 11.6. The molecule has 1 aliphatic heterocycles. The van der Waals surface area contributed by atoms with Crippen molar-refractivity contribution < 1.29 is 15.0 Å². The molecule has 3 unspecified atom stereocenters. The van der Waals surface area contributed by atoms with E-state index in [2.05, 4.69) is 4.90 Å². The molecule has 0 aromatic heterocycles. The zero-order valence-electron chi connectivity index (χ0n) is 11.6. The fourth-order valence-corrected chi connectivity index (χ4v) is 4.64. The fourth-order valence-electron chi connectivity index (χ4n) is 4.64. The lowest BCUT2D eigenvalue weighted by atomic mass is 9.84. The van der Waals surface area contributed by atoms with Crippen molar-refractivity contribution in [1.29, 1.82) is 0 Å². The molecule has 4 nitrogen and oxygen atoms in total. The number of carbonyl (C=O) groups is 1. The number of β-amino-alcohol motifs (C(OH)–C–C–N with tert-alkyl or cyclic N) is 1. The molecule has 2 saturated carbocycles. The lowest BCUT2D eigenvalue weighted by Gasteiger charge is -2.37. The van der Waals surface area contributed by atoms with Crippen LogP contribution in [0, 0.1) is 11.8 Å². The van der Waals surface area contributed by atoms with Crippen molar-refractivity contribution in [3.05, 3.63) is 0 Å². The highest BCUT2D eigenvalue weighted by Gasteiger charge is 2.49. The van der Waals surface area contributed by atoms with Gasteiger partial charge in [0.15, 0.2) is 0 Å². The second-order valence-corrected chi connectivity index (χ2v) is 6.85. The van der Waals surface area contributed by atoms with Gasteiger partial charge in [0.2, 0.25) is 0 Å². The van der Waals surface area contributed by atoms with Crippen molar-refractivity contribution in [2.24, 2.45) is 11.8 Å². The van der Waals surface area contributed by atoms with Gasteiger partial charge in [0.05, 0.1) is 5.60 Å². The lowest BCUT2D eigenvalue weighted by Crippen LogP contribution is -2.49. The van der Waals surface area contributed by atoms with Crippen molar-refractivity contribution >= 4 is 5.97 Å². The summed E-state index contributed by atoms with van der Waals surface area (Å²) in [5.74, 6) is 0.187. The first-order valence-electron chi connectivity index (χ1n) is 7.78. The summed E-state index contributed by atoms with van der Waals surface area (Å²) < 4.78 is 0. The van der Waals surface area contributed by atoms with Crippen molar-refractivity contribution in [1.82, 2.24) is 4.90 Å². The number of carboxylic acids is 1. The maximum absolute atomic E-state index is 11.6. The van der Waals surface area contributed by atoms with Gasteiger partial charge >= 0.3 is 5.97 Å². The highest BCUT2D eigenvalue weighted by atomic mass is 16.4. The molecular weight excluding hydrogens is 242 g/mol. The van der Waals surface area contributed by atoms with Crippen molar-refractivity contribution in [3.63, 3.8) is 0 Å². The van der Waals surface area contributed by atoms with Crippen LogP contribution in [0.2, 0.25) is 0 Å².